The molecule has 0 radical (unpaired) electrons. The van der Waals surface area contributed by atoms with Crippen LogP contribution in [0.5, 0.6) is 5.75 Å². The first-order valence-corrected chi connectivity index (χ1v) is 15.6. The van der Waals surface area contributed by atoms with Crippen LogP contribution in [0.25, 0.3) is 10.8 Å². The highest BCUT2D eigenvalue weighted by Gasteiger charge is 2.33. The lowest BCUT2D eigenvalue weighted by molar-refractivity contribution is -0.141. The first-order chi connectivity index (χ1) is 21.5. The van der Waals surface area contributed by atoms with Gasteiger partial charge >= 0.3 is 0 Å². The highest BCUT2D eigenvalue weighted by atomic mass is 16.5. The largest absolute Gasteiger partial charge is 0.497 e. The van der Waals surface area contributed by atoms with Crippen molar-refractivity contribution in [1.82, 2.24) is 10.2 Å². The zero-order valence-corrected chi connectivity index (χ0v) is 25.2. The number of methoxy groups -OCH3 is 1. The predicted molar refractivity (Wildman–Crippen MR) is 173 cm³/mol. The van der Waals surface area contributed by atoms with Crippen LogP contribution in [0.1, 0.15) is 60.0 Å². The van der Waals surface area contributed by atoms with E-state index in [0.717, 1.165) is 53.3 Å². The van der Waals surface area contributed by atoms with Gasteiger partial charge in [0.15, 0.2) is 0 Å². The molecule has 0 bridgehead atoms. The summed E-state index contributed by atoms with van der Waals surface area (Å²) >= 11 is 0. The topological polar surface area (TPSA) is 79.0 Å². The maximum atomic E-state index is 14.2. The van der Waals surface area contributed by atoms with Crippen molar-refractivity contribution < 1.29 is 19.1 Å². The maximum Gasteiger partial charge on any atom is 0.258 e. The third-order valence-corrected chi connectivity index (χ3v) is 8.88. The molecule has 44 heavy (non-hydrogen) atoms. The molecule has 4 aromatic rings. The van der Waals surface area contributed by atoms with Gasteiger partial charge in [0.2, 0.25) is 11.8 Å². The molecule has 0 aromatic heterocycles. The number of carbonyl (C=O) groups is 3. The van der Waals surface area contributed by atoms with Gasteiger partial charge in [0.25, 0.3) is 5.91 Å². The monoisotopic (exact) mass is 589 g/mol. The van der Waals surface area contributed by atoms with Gasteiger partial charge in [0.05, 0.1) is 12.8 Å². The van der Waals surface area contributed by atoms with Gasteiger partial charge in [-0.25, -0.2) is 0 Å². The van der Waals surface area contributed by atoms with Gasteiger partial charge in [-0.15, -0.1) is 0 Å². The Kier molecular flexibility index (Phi) is 8.91. The second-order valence-corrected chi connectivity index (χ2v) is 11.8. The third-order valence-electron chi connectivity index (χ3n) is 8.88. The van der Waals surface area contributed by atoms with Gasteiger partial charge in [-0.3, -0.25) is 14.4 Å². The summed E-state index contributed by atoms with van der Waals surface area (Å²) in [5.41, 5.74) is 3.48. The van der Waals surface area contributed by atoms with Crippen molar-refractivity contribution in [3.05, 3.63) is 108 Å². The van der Waals surface area contributed by atoms with Crippen molar-refractivity contribution in [1.29, 1.82) is 0 Å². The van der Waals surface area contributed by atoms with Gasteiger partial charge in [0.1, 0.15) is 11.8 Å². The molecular formula is C37H39N3O4. The lowest BCUT2D eigenvalue weighted by Crippen LogP contribution is -2.52. The molecular weight excluding hydrogens is 550 g/mol. The van der Waals surface area contributed by atoms with E-state index in [1.807, 2.05) is 91.0 Å². The molecule has 1 aliphatic heterocycles. The minimum absolute atomic E-state index is 0.0321. The molecule has 1 heterocycles. The molecule has 6 rings (SSSR count). The van der Waals surface area contributed by atoms with Gasteiger partial charge in [-0.1, -0.05) is 79.6 Å². The number of nitrogens with zero attached hydrogens (tertiary/aromatic N) is 2. The fraction of sp³-hybridized carbons (Fsp3) is 0.324. The molecule has 7 nitrogen and oxygen atoms in total. The Morgan fingerprint density at radius 1 is 0.932 bits per heavy atom. The predicted octanol–water partition coefficient (Wildman–Crippen LogP) is 6.29. The van der Waals surface area contributed by atoms with Crippen LogP contribution in [0.2, 0.25) is 0 Å². The molecule has 2 aliphatic rings. The Morgan fingerprint density at radius 2 is 1.66 bits per heavy atom. The number of carbonyl (C=O) groups excluding carboxylic acids is 3. The summed E-state index contributed by atoms with van der Waals surface area (Å²) in [6, 6.07) is 28.7. The van der Waals surface area contributed by atoms with E-state index in [1.165, 1.54) is 0 Å². The Balaban J connectivity index is 1.24. The molecule has 1 fully saturated rings. The molecule has 0 saturated heterocycles. The van der Waals surface area contributed by atoms with E-state index in [1.54, 1.807) is 16.9 Å². The van der Waals surface area contributed by atoms with E-state index >= 15 is 0 Å². The molecule has 1 N–H and O–H groups in total. The number of hydrogen-bond acceptors (Lipinski definition) is 4. The van der Waals surface area contributed by atoms with Crippen LogP contribution in [-0.4, -0.2) is 48.4 Å². The van der Waals surface area contributed by atoms with Crippen LogP contribution < -0.4 is 15.0 Å². The Labute approximate surface area is 258 Å². The van der Waals surface area contributed by atoms with Crippen LogP contribution in [0.4, 0.5) is 5.69 Å². The highest BCUT2D eigenvalue weighted by Crippen LogP contribution is 2.37. The molecule has 4 aromatic carbocycles. The van der Waals surface area contributed by atoms with Crippen molar-refractivity contribution in [2.45, 2.75) is 63.6 Å². The SMILES string of the molecule is COc1cccc(CN(C(=O)CCCN2C(=O)c3cccc4cccc2c34)C(Cc2ccccc2)C(=O)NC2CCCC2)c1. The Morgan fingerprint density at radius 3 is 2.43 bits per heavy atom. The number of rotatable bonds is 12. The number of nitrogens with one attached hydrogen (secondary N) is 1. The smallest absolute Gasteiger partial charge is 0.258 e. The molecule has 3 amide bonds. The minimum atomic E-state index is -0.678. The van der Waals surface area contributed by atoms with E-state index in [4.69, 9.17) is 4.74 Å². The fourth-order valence-corrected chi connectivity index (χ4v) is 6.62. The standard InChI is InChI=1S/C37H39N3O4/c1-44-30-18-7-13-27(23-30)25-40(33(24-26-11-3-2-4-12-26)36(42)38-29-16-5-6-17-29)34(41)21-10-22-39-32-20-9-15-28-14-8-19-31(35(28)32)37(39)43/h2-4,7-9,11-15,18-20,23,29,33H,5-6,10,16-17,21-22,24-25H2,1H3,(H,38,42). The summed E-state index contributed by atoms with van der Waals surface area (Å²) < 4.78 is 5.45. The van der Waals surface area contributed by atoms with Crippen LogP contribution in [0.15, 0.2) is 91.0 Å². The van der Waals surface area contributed by atoms with Gasteiger partial charge in [0, 0.05) is 42.9 Å². The zero-order valence-electron chi connectivity index (χ0n) is 25.2. The van der Waals surface area contributed by atoms with Crippen molar-refractivity contribution >= 4 is 34.2 Å². The number of benzene rings is 4. The normalized spacial score (nSPS) is 15.0. The van der Waals surface area contributed by atoms with Crippen LogP contribution in [0, 0.1) is 0 Å². The van der Waals surface area contributed by atoms with Gasteiger partial charge < -0.3 is 19.9 Å². The second-order valence-electron chi connectivity index (χ2n) is 11.8. The van der Waals surface area contributed by atoms with E-state index < -0.39 is 6.04 Å². The first-order valence-electron chi connectivity index (χ1n) is 15.6. The fourth-order valence-electron chi connectivity index (χ4n) is 6.62. The van der Waals surface area contributed by atoms with Crippen LogP contribution in [0.3, 0.4) is 0 Å². The summed E-state index contributed by atoms with van der Waals surface area (Å²) in [5, 5.41) is 5.27. The molecule has 0 spiro atoms. The summed E-state index contributed by atoms with van der Waals surface area (Å²) in [6.45, 7) is 0.696. The number of hydrogen-bond donors (Lipinski definition) is 1. The number of anilines is 1. The molecule has 1 aliphatic carbocycles. The zero-order chi connectivity index (χ0) is 30.5. The van der Waals surface area contributed by atoms with Crippen LogP contribution in [-0.2, 0) is 22.6 Å². The van der Waals surface area contributed by atoms with E-state index in [-0.39, 0.29) is 36.7 Å². The van der Waals surface area contributed by atoms with Crippen molar-refractivity contribution in [2.75, 3.05) is 18.6 Å². The van der Waals surface area contributed by atoms with Crippen molar-refractivity contribution in [3.8, 4) is 5.75 Å². The lowest BCUT2D eigenvalue weighted by atomic mass is 10.0. The molecule has 1 saturated carbocycles. The van der Waals surface area contributed by atoms with E-state index in [9.17, 15) is 14.4 Å². The van der Waals surface area contributed by atoms with E-state index in [2.05, 4.69) is 5.32 Å². The van der Waals surface area contributed by atoms with E-state index in [0.29, 0.717) is 30.7 Å². The molecule has 7 heteroatoms. The summed E-state index contributed by atoms with van der Waals surface area (Å²) in [5.74, 6) is 0.438. The van der Waals surface area contributed by atoms with Crippen LogP contribution >= 0.6 is 0 Å². The summed E-state index contributed by atoms with van der Waals surface area (Å²) in [6.07, 6.45) is 5.24. The number of ether oxygens (including phenoxy) is 1. The minimum Gasteiger partial charge on any atom is -0.497 e. The summed E-state index contributed by atoms with van der Waals surface area (Å²) in [4.78, 5) is 44.9. The Hall–Kier alpha value is -4.65. The van der Waals surface area contributed by atoms with Gasteiger partial charge in [-0.2, -0.15) is 0 Å². The molecule has 1 unspecified atom stereocenters. The average Bonchev–Trinajstić information content (AvgIpc) is 3.66. The van der Waals surface area contributed by atoms with Crippen molar-refractivity contribution in [3.63, 3.8) is 0 Å². The third kappa shape index (κ3) is 6.32. The average molecular weight is 590 g/mol. The molecule has 1 atom stereocenters. The summed E-state index contributed by atoms with van der Waals surface area (Å²) in [7, 11) is 1.62. The quantitative estimate of drug-likeness (QED) is 0.211. The highest BCUT2D eigenvalue weighted by molar-refractivity contribution is 6.25. The van der Waals surface area contributed by atoms with Gasteiger partial charge in [-0.05, 0) is 60.0 Å². The second kappa shape index (κ2) is 13.3. The Bertz CT molecular complexity index is 1640. The maximum absolute atomic E-state index is 14.2. The first kappa shape index (κ1) is 29.4. The lowest BCUT2D eigenvalue weighted by Gasteiger charge is -2.32. The van der Waals surface area contributed by atoms with Crippen molar-refractivity contribution in [2.24, 2.45) is 0 Å². The molecule has 226 valence electrons. The number of amides is 3.